The van der Waals surface area contributed by atoms with Crippen molar-refractivity contribution in [1.29, 1.82) is 0 Å². The first-order chi connectivity index (χ1) is 32.2. The van der Waals surface area contributed by atoms with Gasteiger partial charge in [0.1, 0.15) is 0 Å². The lowest BCUT2D eigenvalue weighted by atomic mass is 10.0. The van der Waals surface area contributed by atoms with Gasteiger partial charge < -0.3 is 0 Å². The zero-order valence-electron chi connectivity index (χ0n) is 34.9. The Hall–Kier alpha value is -6.70. The minimum Gasteiger partial charge on any atom is -0.135 e. The van der Waals surface area contributed by atoms with Crippen molar-refractivity contribution in [1.82, 2.24) is 0 Å². The molecule has 0 saturated heterocycles. The van der Waals surface area contributed by atoms with Crippen molar-refractivity contribution < 1.29 is 0 Å². The molecule has 0 radical (unpaired) electrons. The first kappa shape index (κ1) is 37.7. The molecule has 0 spiro atoms. The van der Waals surface area contributed by atoms with Crippen LogP contribution in [0.15, 0.2) is 218 Å². The van der Waals surface area contributed by atoms with Gasteiger partial charge in [-0.1, -0.05) is 158 Å². The van der Waals surface area contributed by atoms with E-state index in [2.05, 4.69) is 218 Å². The summed E-state index contributed by atoms with van der Waals surface area (Å²) < 4.78 is 10.8. The zero-order chi connectivity index (χ0) is 42.6. The minimum atomic E-state index is -2.98. The summed E-state index contributed by atoms with van der Waals surface area (Å²) >= 11 is 7.68. The van der Waals surface area contributed by atoms with Crippen LogP contribution in [0.1, 0.15) is 0 Å². The standard InChI is InChI=1S/C60H36S4Si/c1-3-13-41(14-4-1)65(42-15-5-2-6-16-42,57-23-11-19-45-49-35-39(27-31-55(49)63-59(45)57)37-25-29-53-47(33-37)43-17-7-9-21-51(43)61-53)58-24-12-20-46-50-36-40(28-32-56(50)64-60(46)58)38-26-30-54-48(34-38)44-18-8-10-22-52(44)62-54/h1-36H. The van der Waals surface area contributed by atoms with Gasteiger partial charge in [0.2, 0.25) is 0 Å². The van der Waals surface area contributed by atoms with Gasteiger partial charge in [0.15, 0.2) is 8.07 Å². The van der Waals surface area contributed by atoms with Crippen LogP contribution in [0.4, 0.5) is 0 Å². The molecule has 14 rings (SSSR count). The third-order valence-electron chi connectivity index (χ3n) is 13.6. The normalized spacial score (nSPS) is 12.3. The summed E-state index contributed by atoms with van der Waals surface area (Å²) in [5.41, 5.74) is 5.03. The number of rotatable bonds is 6. The highest BCUT2D eigenvalue weighted by Crippen LogP contribution is 2.42. The van der Waals surface area contributed by atoms with Crippen molar-refractivity contribution in [2.45, 2.75) is 0 Å². The molecule has 65 heavy (non-hydrogen) atoms. The molecule has 304 valence electrons. The first-order valence-corrected chi connectivity index (χ1v) is 27.3. The molecule has 4 aromatic heterocycles. The Morgan fingerprint density at radius 3 is 0.969 bits per heavy atom. The molecule has 4 heterocycles. The average molecular weight is 913 g/mol. The van der Waals surface area contributed by atoms with Gasteiger partial charge in [0.25, 0.3) is 0 Å². The fourth-order valence-electron chi connectivity index (χ4n) is 10.7. The Bertz CT molecular complexity index is 3920. The highest BCUT2D eigenvalue weighted by Gasteiger charge is 2.44. The van der Waals surface area contributed by atoms with Crippen molar-refractivity contribution in [2.75, 3.05) is 0 Å². The lowest BCUT2D eigenvalue weighted by Crippen LogP contribution is -2.74. The maximum atomic E-state index is 2.47. The molecule has 0 aliphatic rings. The van der Waals surface area contributed by atoms with E-state index in [9.17, 15) is 0 Å². The molecular weight excluding hydrogens is 877 g/mol. The molecule has 0 aliphatic heterocycles. The summed E-state index contributed by atoms with van der Waals surface area (Å²) in [6.45, 7) is 0. The maximum Gasteiger partial charge on any atom is 0.182 e. The van der Waals surface area contributed by atoms with E-state index in [0.717, 1.165) is 0 Å². The quantitative estimate of drug-likeness (QED) is 0.115. The second-order valence-electron chi connectivity index (χ2n) is 17.1. The van der Waals surface area contributed by atoms with Crippen molar-refractivity contribution >= 4 is 155 Å². The first-order valence-electron chi connectivity index (χ1n) is 22.0. The molecule has 10 aromatic carbocycles. The fourth-order valence-corrected chi connectivity index (χ4v) is 21.2. The van der Waals surface area contributed by atoms with E-state index in [4.69, 9.17) is 0 Å². The second-order valence-corrected chi connectivity index (χ2v) is 25.1. The molecule has 0 saturated carbocycles. The van der Waals surface area contributed by atoms with Gasteiger partial charge in [-0.3, -0.25) is 0 Å². The third-order valence-corrected chi connectivity index (χ3v) is 23.6. The molecule has 0 unspecified atom stereocenters. The SMILES string of the molecule is c1ccc([Si](c2ccccc2)(c2cccc3c2sc2ccc(-c4ccc5sc6ccccc6c5c4)cc23)c2cccc3c2sc2ccc(-c4ccc5sc6ccccc6c5c4)cc23)cc1. The van der Waals surface area contributed by atoms with E-state index < -0.39 is 8.07 Å². The van der Waals surface area contributed by atoms with Crippen molar-refractivity contribution in [3.63, 3.8) is 0 Å². The monoisotopic (exact) mass is 912 g/mol. The smallest absolute Gasteiger partial charge is 0.135 e. The molecule has 0 nitrogen and oxygen atoms in total. The largest absolute Gasteiger partial charge is 0.182 e. The van der Waals surface area contributed by atoms with E-state index in [1.54, 1.807) is 0 Å². The van der Waals surface area contributed by atoms with Gasteiger partial charge in [0, 0.05) is 80.7 Å². The summed E-state index contributed by atoms with van der Waals surface area (Å²) in [5, 5.41) is 16.3. The minimum absolute atomic E-state index is 1.26. The van der Waals surface area contributed by atoms with Crippen LogP contribution in [0.25, 0.3) is 103 Å². The highest BCUT2D eigenvalue weighted by molar-refractivity contribution is 7.33. The van der Waals surface area contributed by atoms with Crippen LogP contribution in [0.2, 0.25) is 0 Å². The van der Waals surface area contributed by atoms with Crippen LogP contribution in [-0.2, 0) is 0 Å². The Morgan fingerprint density at radius 2 is 0.554 bits per heavy atom. The summed E-state index contributed by atoms with van der Waals surface area (Å²) in [6.07, 6.45) is 0. The number of benzene rings is 10. The van der Waals surface area contributed by atoms with Crippen molar-refractivity contribution in [2.24, 2.45) is 0 Å². The van der Waals surface area contributed by atoms with Crippen molar-refractivity contribution in [3.05, 3.63) is 218 Å². The van der Waals surface area contributed by atoms with Gasteiger partial charge >= 0.3 is 0 Å². The Kier molecular flexibility index (Phi) is 8.49. The van der Waals surface area contributed by atoms with Crippen LogP contribution >= 0.6 is 45.3 Å². The van der Waals surface area contributed by atoms with Crippen molar-refractivity contribution in [3.8, 4) is 22.3 Å². The van der Waals surface area contributed by atoms with Crippen LogP contribution in [-0.4, -0.2) is 8.07 Å². The van der Waals surface area contributed by atoms with Crippen LogP contribution < -0.4 is 20.7 Å². The van der Waals surface area contributed by atoms with Crippen LogP contribution in [0.3, 0.4) is 0 Å². The summed E-state index contributed by atoms with van der Waals surface area (Å²) in [7, 11) is -2.98. The Morgan fingerprint density at radius 1 is 0.231 bits per heavy atom. The van der Waals surface area contributed by atoms with Crippen LogP contribution in [0.5, 0.6) is 0 Å². The van der Waals surface area contributed by atoms with Gasteiger partial charge in [-0.25, -0.2) is 0 Å². The lowest BCUT2D eigenvalue weighted by Gasteiger charge is -2.35. The van der Waals surface area contributed by atoms with E-state index in [1.165, 1.54) is 124 Å². The van der Waals surface area contributed by atoms with E-state index in [1.807, 2.05) is 45.3 Å². The lowest BCUT2D eigenvalue weighted by molar-refractivity contribution is 1.70. The average Bonchev–Trinajstić information content (AvgIpc) is 4.15. The Labute approximate surface area is 392 Å². The second kappa shape index (κ2) is 14.7. The van der Waals surface area contributed by atoms with E-state index in [-0.39, 0.29) is 0 Å². The number of thiophene rings is 4. The van der Waals surface area contributed by atoms with E-state index >= 15 is 0 Å². The third kappa shape index (κ3) is 5.70. The maximum absolute atomic E-state index is 2.98. The molecule has 0 atom stereocenters. The van der Waals surface area contributed by atoms with Crippen LogP contribution in [0, 0.1) is 0 Å². The van der Waals surface area contributed by atoms with Gasteiger partial charge in [0.05, 0.1) is 0 Å². The number of hydrogen-bond acceptors (Lipinski definition) is 4. The van der Waals surface area contributed by atoms with Gasteiger partial charge in [-0.2, -0.15) is 0 Å². The summed E-state index contributed by atoms with van der Waals surface area (Å²) in [4.78, 5) is 0. The molecule has 14 aromatic rings. The predicted octanol–water partition coefficient (Wildman–Crippen LogP) is 15.9. The summed E-state index contributed by atoms with van der Waals surface area (Å²) in [6, 6.07) is 83.2. The fraction of sp³-hybridized carbons (Fsp3) is 0. The molecule has 0 bridgehead atoms. The molecule has 0 fully saturated rings. The summed E-state index contributed by atoms with van der Waals surface area (Å²) in [5.74, 6) is 0. The molecular formula is C60H36S4Si. The number of fused-ring (bicyclic) bond motifs is 12. The van der Waals surface area contributed by atoms with Gasteiger partial charge in [-0.05, 0) is 104 Å². The zero-order valence-corrected chi connectivity index (χ0v) is 39.2. The number of hydrogen-bond donors (Lipinski definition) is 0. The molecule has 0 aliphatic carbocycles. The molecule has 0 N–H and O–H groups in total. The highest BCUT2D eigenvalue weighted by atomic mass is 32.1. The van der Waals surface area contributed by atoms with Gasteiger partial charge in [-0.15, -0.1) is 45.3 Å². The topological polar surface area (TPSA) is 0 Å². The predicted molar refractivity (Wildman–Crippen MR) is 292 cm³/mol. The Balaban J connectivity index is 0.993. The van der Waals surface area contributed by atoms with E-state index in [0.29, 0.717) is 0 Å². The molecule has 0 amide bonds. The molecule has 5 heteroatoms.